The average molecular weight is 234 g/mol. The number of rotatable bonds is 7. The molecular formula is C14H22N2O. The topological polar surface area (TPSA) is 55.1 Å². The van der Waals surface area contributed by atoms with E-state index in [1.54, 1.807) is 0 Å². The molecule has 0 aliphatic heterocycles. The largest absolute Gasteiger partial charge is 0.370 e. The second-order valence-electron chi connectivity index (χ2n) is 4.68. The Labute approximate surface area is 103 Å². The van der Waals surface area contributed by atoms with Crippen LogP contribution in [0.2, 0.25) is 0 Å². The molecule has 0 spiro atoms. The van der Waals surface area contributed by atoms with Gasteiger partial charge in [0.05, 0.1) is 0 Å². The molecule has 0 fully saturated rings. The first-order chi connectivity index (χ1) is 8.11. The molecule has 1 unspecified atom stereocenters. The van der Waals surface area contributed by atoms with Crippen molar-refractivity contribution in [2.24, 2.45) is 11.7 Å². The van der Waals surface area contributed by atoms with Gasteiger partial charge in [-0.15, -0.1) is 0 Å². The van der Waals surface area contributed by atoms with E-state index in [0.29, 0.717) is 24.8 Å². The quantitative estimate of drug-likeness (QED) is 0.708. The summed E-state index contributed by atoms with van der Waals surface area (Å²) in [5.41, 5.74) is 6.44. The smallest absolute Gasteiger partial charge is 0.218 e. The van der Waals surface area contributed by atoms with E-state index in [4.69, 9.17) is 5.73 Å². The van der Waals surface area contributed by atoms with Crippen molar-refractivity contribution in [1.82, 2.24) is 5.32 Å². The molecule has 0 saturated heterocycles. The number of hydrogen-bond donors (Lipinski definition) is 2. The lowest BCUT2D eigenvalue weighted by Crippen LogP contribution is -2.28. The van der Waals surface area contributed by atoms with E-state index in [0.717, 1.165) is 6.54 Å². The van der Waals surface area contributed by atoms with Crippen molar-refractivity contribution in [2.45, 2.75) is 26.2 Å². The highest BCUT2D eigenvalue weighted by Gasteiger charge is 2.14. The van der Waals surface area contributed by atoms with Crippen LogP contribution in [0.3, 0.4) is 0 Å². The molecule has 17 heavy (non-hydrogen) atoms. The lowest BCUT2D eigenvalue weighted by Gasteiger charge is -2.21. The fourth-order valence-electron chi connectivity index (χ4n) is 1.91. The third-order valence-electron chi connectivity index (χ3n) is 2.94. The van der Waals surface area contributed by atoms with Crippen LogP contribution in [0.15, 0.2) is 30.3 Å². The standard InChI is InChI=1S/C14H22N2O/c1-11(2)13(10-16-9-8-14(15)17)12-6-4-3-5-7-12/h3-7,11,13,16H,8-10H2,1-2H3,(H2,15,17). The maximum atomic E-state index is 10.6. The van der Waals surface area contributed by atoms with Crippen LogP contribution in [0.25, 0.3) is 0 Å². The predicted octanol–water partition coefficient (Wildman–Crippen LogP) is 1.89. The average Bonchev–Trinajstić information content (AvgIpc) is 2.29. The van der Waals surface area contributed by atoms with Gasteiger partial charge in [0.15, 0.2) is 0 Å². The van der Waals surface area contributed by atoms with Crippen LogP contribution < -0.4 is 11.1 Å². The molecule has 1 aromatic carbocycles. The molecule has 3 N–H and O–H groups in total. The van der Waals surface area contributed by atoms with Crippen LogP contribution >= 0.6 is 0 Å². The molecule has 0 radical (unpaired) electrons. The van der Waals surface area contributed by atoms with E-state index < -0.39 is 0 Å². The van der Waals surface area contributed by atoms with Gasteiger partial charge in [-0.1, -0.05) is 44.2 Å². The summed E-state index contributed by atoms with van der Waals surface area (Å²) in [5, 5.41) is 3.30. The van der Waals surface area contributed by atoms with Gasteiger partial charge >= 0.3 is 0 Å². The number of amides is 1. The van der Waals surface area contributed by atoms with Crippen molar-refractivity contribution in [3.8, 4) is 0 Å². The SMILES string of the molecule is CC(C)C(CNCCC(N)=O)c1ccccc1. The molecule has 3 nitrogen and oxygen atoms in total. The zero-order valence-electron chi connectivity index (χ0n) is 10.6. The Morgan fingerprint density at radius 2 is 1.94 bits per heavy atom. The van der Waals surface area contributed by atoms with E-state index in [-0.39, 0.29) is 5.91 Å². The van der Waals surface area contributed by atoms with Gasteiger partial charge in [0.2, 0.25) is 5.91 Å². The number of carbonyl (C=O) groups is 1. The van der Waals surface area contributed by atoms with Crippen LogP contribution in [0.5, 0.6) is 0 Å². The highest BCUT2D eigenvalue weighted by Crippen LogP contribution is 2.23. The molecule has 0 aliphatic carbocycles. The second kappa shape index (κ2) is 7.07. The summed E-state index contributed by atoms with van der Waals surface area (Å²) in [6, 6.07) is 10.5. The third-order valence-corrected chi connectivity index (χ3v) is 2.94. The number of carbonyl (C=O) groups excluding carboxylic acids is 1. The predicted molar refractivity (Wildman–Crippen MR) is 70.7 cm³/mol. The zero-order chi connectivity index (χ0) is 12.7. The van der Waals surface area contributed by atoms with Crippen LogP contribution in [-0.2, 0) is 4.79 Å². The highest BCUT2D eigenvalue weighted by atomic mass is 16.1. The first-order valence-corrected chi connectivity index (χ1v) is 6.15. The van der Waals surface area contributed by atoms with E-state index in [1.165, 1.54) is 5.56 Å². The molecule has 1 atom stereocenters. The summed E-state index contributed by atoms with van der Waals surface area (Å²) in [5.74, 6) is 0.792. The molecule has 3 heteroatoms. The van der Waals surface area contributed by atoms with Gasteiger partial charge < -0.3 is 11.1 Å². The van der Waals surface area contributed by atoms with Crippen molar-refractivity contribution in [2.75, 3.05) is 13.1 Å². The number of nitrogens with one attached hydrogen (secondary N) is 1. The molecule has 1 amide bonds. The summed E-state index contributed by atoms with van der Waals surface area (Å²) < 4.78 is 0. The molecule has 0 bridgehead atoms. The molecule has 0 aromatic heterocycles. The minimum Gasteiger partial charge on any atom is -0.370 e. The minimum absolute atomic E-state index is 0.252. The molecular weight excluding hydrogens is 212 g/mol. The first-order valence-electron chi connectivity index (χ1n) is 6.15. The maximum Gasteiger partial charge on any atom is 0.218 e. The monoisotopic (exact) mass is 234 g/mol. The van der Waals surface area contributed by atoms with Gasteiger partial charge in [-0.05, 0) is 17.4 Å². The summed E-state index contributed by atoms with van der Waals surface area (Å²) >= 11 is 0. The Balaban J connectivity index is 2.48. The van der Waals surface area contributed by atoms with E-state index in [2.05, 4.69) is 43.4 Å². The van der Waals surface area contributed by atoms with Crippen molar-refractivity contribution in [3.63, 3.8) is 0 Å². The summed E-state index contributed by atoms with van der Waals surface area (Å²) in [6.45, 7) is 5.97. The van der Waals surface area contributed by atoms with Gasteiger partial charge in [-0.25, -0.2) is 0 Å². The lowest BCUT2D eigenvalue weighted by molar-refractivity contribution is -0.117. The second-order valence-corrected chi connectivity index (χ2v) is 4.68. The summed E-state index contributed by atoms with van der Waals surface area (Å²) in [6.07, 6.45) is 0.402. The van der Waals surface area contributed by atoms with Crippen LogP contribution in [0, 0.1) is 5.92 Å². The van der Waals surface area contributed by atoms with Gasteiger partial charge in [0.1, 0.15) is 0 Å². The number of primary amides is 1. The van der Waals surface area contributed by atoms with Crippen molar-refractivity contribution < 1.29 is 4.79 Å². The Morgan fingerprint density at radius 1 is 1.29 bits per heavy atom. The van der Waals surface area contributed by atoms with Gasteiger partial charge in [-0.3, -0.25) is 4.79 Å². The third kappa shape index (κ3) is 5.00. The Bertz CT molecular complexity index is 335. The number of benzene rings is 1. The zero-order valence-corrected chi connectivity index (χ0v) is 10.6. The van der Waals surface area contributed by atoms with Crippen molar-refractivity contribution in [3.05, 3.63) is 35.9 Å². The van der Waals surface area contributed by atoms with Crippen LogP contribution in [0.1, 0.15) is 31.7 Å². The Morgan fingerprint density at radius 3 is 2.47 bits per heavy atom. The molecule has 94 valence electrons. The van der Waals surface area contributed by atoms with Gasteiger partial charge in [0.25, 0.3) is 0 Å². The van der Waals surface area contributed by atoms with E-state index in [1.807, 2.05) is 6.07 Å². The van der Waals surface area contributed by atoms with Crippen LogP contribution in [-0.4, -0.2) is 19.0 Å². The lowest BCUT2D eigenvalue weighted by atomic mass is 9.88. The molecule has 1 rings (SSSR count). The summed E-state index contributed by atoms with van der Waals surface area (Å²) in [4.78, 5) is 10.6. The first kappa shape index (κ1) is 13.7. The van der Waals surface area contributed by atoms with Gasteiger partial charge in [-0.2, -0.15) is 0 Å². The van der Waals surface area contributed by atoms with Crippen LogP contribution in [0.4, 0.5) is 0 Å². The fourth-order valence-corrected chi connectivity index (χ4v) is 1.91. The normalized spacial score (nSPS) is 12.6. The highest BCUT2D eigenvalue weighted by molar-refractivity contribution is 5.73. The maximum absolute atomic E-state index is 10.6. The Kier molecular flexibility index (Phi) is 5.70. The fraction of sp³-hybridized carbons (Fsp3) is 0.500. The van der Waals surface area contributed by atoms with Crippen molar-refractivity contribution >= 4 is 5.91 Å². The number of hydrogen-bond acceptors (Lipinski definition) is 2. The summed E-state index contributed by atoms with van der Waals surface area (Å²) in [7, 11) is 0. The molecule has 0 heterocycles. The minimum atomic E-state index is -0.252. The molecule has 1 aromatic rings. The molecule has 0 aliphatic rings. The van der Waals surface area contributed by atoms with E-state index >= 15 is 0 Å². The van der Waals surface area contributed by atoms with Crippen molar-refractivity contribution in [1.29, 1.82) is 0 Å². The Hall–Kier alpha value is -1.35. The number of nitrogens with two attached hydrogens (primary N) is 1. The molecule has 0 saturated carbocycles. The van der Waals surface area contributed by atoms with E-state index in [9.17, 15) is 4.79 Å². The van der Waals surface area contributed by atoms with Gasteiger partial charge in [0, 0.05) is 19.5 Å².